The van der Waals surface area contributed by atoms with Crippen LogP contribution in [0.1, 0.15) is 10.6 Å². The van der Waals surface area contributed by atoms with Crippen molar-refractivity contribution < 1.29 is 13.9 Å². The molecule has 6 nitrogen and oxygen atoms in total. The van der Waals surface area contributed by atoms with Crippen molar-refractivity contribution in [2.24, 2.45) is 0 Å². The number of hydrogen-bond acceptors (Lipinski definition) is 5. The maximum atomic E-state index is 12.7. The highest BCUT2D eigenvalue weighted by Gasteiger charge is 2.14. The molecule has 0 saturated heterocycles. The molecule has 0 saturated carbocycles. The van der Waals surface area contributed by atoms with Crippen molar-refractivity contribution in [3.63, 3.8) is 0 Å². The first kappa shape index (κ1) is 14.9. The van der Waals surface area contributed by atoms with Gasteiger partial charge in [-0.1, -0.05) is 11.6 Å². The molecule has 0 aliphatic carbocycles. The number of fused-ring (bicyclic) bond motifs is 1. The molecule has 112 valence electrons. The first-order valence-corrected chi connectivity index (χ1v) is 7.17. The Morgan fingerprint density at radius 1 is 1.36 bits per heavy atom. The Morgan fingerprint density at radius 2 is 2.09 bits per heavy atom. The van der Waals surface area contributed by atoms with E-state index >= 15 is 0 Å². The van der Waals surface area contributed by atoms with Crippen LogP contribution in [0.3, 0.4) is 0 Å². The fraction of sp³-hybridized carbons (Fsp3) is 0.0769. The van der Waals surface area contributed by atoms with Crippen molar-refractivity contribution in [1.29, 1.82) is 0 Å². The second kappa shape index (κ2) is 5.98. The number of halogens is 3. The van der Waals surface area contributed by atoms with Crippen LogP contribution in [0.4, 0.5) is 4.39 Å². The van der Waals surface area contributed by atoms with Gasteiger partial charge in [-0.25, -0.2) is 18.9 Å². The van der Waals surface area contributed by atoms with Gasteiger partial charge in [0.25, 0.3) is 0 Å². The van der Waals surface area contributed by atoms with E-state index in [-0.39, 0.29) is 12.4 Å². The lowest BCUT2D eigenvalue weighted by Crippen LogP contribution is -2.15. The molecule has 9 heteroatoms. The van der Waals surface area contributed by atoms with Crippen LogP contribution >= 0.6 is 27.5 Å². The predicted molar refractivity (Wildman–Crippen MR) is 79.7 cm³/mol. The van der Waals surface area contributed by atoms with E-state index < -0.39 is 11.6 Å². The van der Waals surface area contributed by atoms with Gasteiger partial charge < -0.3 is 4.74 Å². The van der Waals surface area contributed by atoms with Crippen molar-refractivity contribution in [3.8, 4) is 5.75 Å². The summed E-state index contributed by atoms with van der Waals surface area (Å²) in [4.78, 5) is 19.2. The number of Topliss-reactive ketones (excluding diaryl/α,β-unsaturated/α-hetero) is 1. The summed E-state index contributed by atoms with van der Waals surface area (Å²) >= 11 is 9.37. The zero-order chi connectivity index (χ0) is 15.7. The Balaban J connectivity index is 1.83. The second-order valence-electron chi connectivity index (χ2n) is 4.24. The van der Waals surface area contributed by atoms with Crippen LogP contribution in [0.25, 0.3) is 5.52 Å². The van der Waals surface area contributed by atoms with Crippen LogP contribution in [0.5, 0.6) is 5.75 Å². The van der Waals surface area contributed by atoms with Crippen LogP contribution in [-0.4, -0.2) is 32.0 Å². The molecule has 3 rings (SSSR count). The third-order valence-electron chi connectivity index (χ3n) is 2.73. The van der Waals surface area contributed by atoms with Gasteiger partial charge in [-0.2, -0.15) is 5.10 Å². The molecule has 22 heavy (non-hydrogen) atoms. The number of nitrogens with zero attached hydrogens (tertiary/aromatic N) is 4. The molecule has 3 aromatic heterocycles. The molecule has 0 aliphatic heterocycles. The summed E-state index contributed by atoms with van der Waals surface area (Å²) in [6.45, 7) is -0.306. The Bertz CT molecular complexity index is 853. The number of hydrogen-bond donors (Lipinski definition) is 0. The third-order valence-corrected chi connectivity index (χ3v) is 3.44. The maximum Gasteiger partial charge on any atom is 0.237 e. The van der Waals surface area contributed by atoms with E-state index in [1.165, 1.54) is 10.7 Å². The van der Waals surface area contributed by atoms with Crippen LogP contribution in [0.15, 0.2) is 35.3 Å². The zero-order valence-corrected chi connectivity index (χ0v) is 13.2. The molecule has 0 N–H and O–H groups in total. The number of carbonyl (C=O) groups excluding carboxylic acids is 1. The molecule has 3 heterocycles. The summed E-state index contributed by atoms with van der Waals surface area (Å²) in [6.07, 6.45) is 5.02. The lowest BCUT2D eigenvalue weighted by Gasteiger charge is -2.08. The summed E-state index contributed by atoms with van der Waals surface area (Å²) in [5, 5.41) is 4.45. The van der Waals surface area contributed by atoms with Crippen LogP contribution in [-0.2, 0) is 0 Å². The summed E-state index contributed by atoms with van der Waals surface area (Å²) in [7, 11) is 0. The highest BCUT2D eigenvalue weighted by molar-refractivity contribution is 9.10. The van der Waals surface area contributed by atoms with Crippen molar-refractivity contribution in [1.82, 2.24) is 19.6 Å². The van der Waals surface area contributed by atoms with Crippen molar-refractivity contribution in [2.75, 3.05) is 6.61 Å². The zero-order valence-electron chi connectivity index (χ0n) is 10.8. The molecule has 0 fully saturated rings. The lowest BCUT2D eigenvalue weighted by molar-refractivity contribution is 0.0911. The standard InChI is InChI=1S/C13H7BrClFN4O2/c14-7-1-11(12-9(15)4-19-20(12)5-7)22-6-10(21)13-17-2-8(16)3-18-13/h1-5H,6H2. The van der Waals surface area contributed by atoms with Crippen molar-refractivity contribution >= 4 is 38.8 Å². The highest BCUT2D eigenvalue weighted by atomic mass is 79.9. The van der Waals surface area contributed by atoms with Gasteiger partial charge in [-0.15, -0.1) is 0 Å². The molecular weight excluding hydrogens is 379 g/mol. The Labute approximate surface area is 137 Å². The minimum atomic E-state index is -0.614. The quantitative estimate of drug-likeness (QED) is 0.646. The minimum absolute atomic E-state index is 0.118. The third kappa shape index (κ3) is 2.93. The number of pyridine rings is 1. The van der Waals surface area contributed by atoms with Crippen LogP contribution < -0.4 is 4.74 Å². The normalized spacial score (nSPS) is 10.9. The van der Waals surface area contributed by atoms with E-state index in [1.54, 1.807) is 12.3 Å². The summed E-state index contributed by atoms with van der Waals surface area (Å²) in [6, 6.07) is 1.67. The van der Waals surface area contributed by atoms with Gasteiger partial charge in [0.2, 0.25) is 5.78 Å². The van der Waals surface area contributed by atoms with E-state index in [9.17, 15) is 9.18 Å². The van der Waals surface area contributed by atoms with E-state index in [1.807, 2.05) is 0 Å². The van der Waals surface area contributed by atoms with Gasteiger partial charge in [0, 0.05) is 10.7 Å². The van der Waals surface area contributed by atoms with Gasteiger partial charge in [-0.3, -0.25) is 4.79 Å². The lowest BCUT2D eigenvalue weighted by atomic mass is 10.3. The first-order valence-electron chi connectivity index (χ1n) is 6.00. The highest BCUT2D eigenvalue weighted by Crippen LogP contribution is 2.30. The van der Waals surface area contributed by atoms with Gasteiger partial charge in [0.15, 0.2) is 18.2 Å². The second-order valence-corrected chi connectivity index (χ2v) is 5.57. The molecule has 0 atom stereocenters. The van der Waals surface area contributed by atoms with E-state index in [2.05, 4.69) is 31.0 Å². The topological polar surface area (TPSA) is 69.4 Å². The van der Waals surface area contributed by atoms with Gasteiger partial charge in [0.1, 0.15) is 11.3 Å². The summed E-state index contributed by atoms with van der Waals surface area (Å²) in [5.41, 5.74) is 0.540. The van der Waals surface area contributed by atoms with Gasteiger partial charge in [-0.05, 0) is 22.0 Å². The molecule has 0 aliphatic rings. The molecule has 0 aromatic carbocycles. The maximum absolute atomic E-state index is 12.7. The molecule has 3 aromatic rings. The Kier molecular flexibility index (Phi) is 4.04. The minimum Gasteiger partial charge on any atom is -0.483 e. The number of rotatable bonds is 4. The molecule has 0 radical (unpaired) electrons. The molecule has 0 spiro atoms. The number of ketones is 1. The smallest absolute Gasteiger partial charge is 0.237 e. The predicted octanol–water partition coefficient (Wildman–Crippen LogP) is 2.94. The van der Waals surface area contributed by atoms with E-state index in [4.69, 9.17) is 16.3 Å². The Hall–Kier alpha value is -2.06. The summed E-state index contributed by atoms with van der Waals surface area (Å²) in [5.74, 6) is -0.828. The molecule has 0 amide bonds. The largest absolute Gasteiger partial charge is 0.483 e. The van der Waals surface area contributed by atoms with E-state index in [0.29, 0.717) is 20.8 Å². The number of aromatic nitrogens is 4. The Morgan fingerprint density at radius 3 is 2.82 bits per heavy atom. The number of carbonyl (C=O) groups is 1. The number of ether oxygens (including phenoxy) is 1. The van der Waals surface area contributed by atoms with Crippen LogP contribution in [0, 0.1) is 5.82 Å². The van der Waals surface area contributed by atoms with E-state index in [0.717, 1.165) is 12.4 Å². The van der Waals surface area contributed by atoms with Gasteiger partial charge in [0.05, 0.1) is 23.6 Å². The van der Waals surface area contributed by atoms with Crippen LogP contribution in [0.2, 0.25) is 5.02 Å². The first-order chi connectivity index (χ1) is 10.5. The fourth-order valence-electron chi connectivity index (χ4n) is 1.79. The van der Waals surface area contributed by atoms with Crippen molar-refractivity contribution in [3.05, 3.63) is 52.0 Å². The monoisotopic (exact) mass is 384 g/mol. The van der Waals surface area contributed by atoms with Crippen molar-refractivity contribution in [2.45, 2.75) is 0 Å². The molecule has 0 bridgehead atoms. The van der Waals surface area contributed by atoms with Gasteiger partial charge >= 0.3 is 0 Å². The summed E-state index contributed by atoms with van der Waals surface area (Å²) < 4.78 is 20.5. The average Bonchev–Trinajstić information content (AvgIpc) is 2.86. The molecule has 0 unspecified atom stereocenters. The molecular formula is C13H7BrClFN4O2. The fourth-order valence-corrected chi connectivity index (χ4v) is 2.42. The SMILES string of the molecule is O=C(COc1cc(Br)cn2ncc(Cl)c12)c1ncc(F)cn1. The average molecular weight is 386 g/mol.